The second-order valence-electron chi connectivity index (χ2n) is 4.90. The van der Waals surface area contributed by atoms with Crippen LogP contribution in [0.5, 0.6) is 0 Å². The lowest BCUT2D eigenvalue weighted by Gasteiger charge is -2.11. The molecular formula is C11H20N2O2S. The van der Waals surface area contributed by atoms with Crippen LogP contribution in [0.25, 0.3) is 0 Å². The van der Waals surface area contributed by atoms with E-state index in [4.69, 9.17) is 9.63 Å². The Morgan fingerprint density at radius 3 is 2.62 bits per heavy atom. The number of hydrogen-bond acceptors (Lipinski definition) is 5. The van der Waals surface area contributed by atoms with Crippen molar-refractivity contribution in [3.8, 4) is 0 Å². The second-order valence-corrected chi connectivity index (χ2v) is 6.32. The van der Waals surface area contributed by atoms with Gasteiger partial charge in [0, 0.05) is 17.3 Å². The van der Waals surface area contributed by atoms with Crippen molar-refractivity contribution >= 4 is 11.8 Å². The summed E-state index contributed by atoms with van der Waals surface area (Å²) in [5.41, 5.74) is -0.0663. The predicted octanol–water partition coefficient (Wildman–Crippen LogP) is 2.37. The quantitative estimate of drug-likeness (QED) is 0.861. The van der Waals surface area contributed by atoms with Crippen LogP contribution in [0.2, 0.25) is 0 Å². The van der Waals surface area contributed by atoms with E-state index in [-0.39, 0.29) is 12.0 Å². The van der Waals surface area contributed by atoms with Gasteiger partial charge in [-0.25, -0.2) is 0 Å². The zero-order valence-corrected chi connectivity index (χ0v) is 11.2. The minimum Gasteiger partial charge on any atom is -0.396 e. The van der Waals surface area contributed by atoms with Gasteiger partial charge in [-0.15, -0.1) is 11.8 Å². The van der Waals surface area contributed by atoms with E-state index in [0.717, 1.165) is 12.2 Å². The molecule has 0 amide bonds. The highest BCUT2D eigenvalue weighted by molar-refractivity contribution is 7.99. The normalized spacial score (nSPS) is 14.1. The molecule has 0 spiro atoms. The average molecular weight is 244 g/mol. The van der Waals surface area contributed by atoms with Gasteiger partial charge in [0.25, 0.3) is 0 Å². The number of aliphatic hydroxyl groups excluding tert-OH is 1. The topological polar surface area (TPSA) is 59.2 Å². The lowest BCUT2D eigenvalue weighted by Crippen LogP contribution is -2.13. The van der Waals surface area contributed by atoms with Crippen LogP contribution in [-0.4, -0.2) is 27.1 Å². The number of hydrogen-bond donors (Lipinski definition) is 1. The second kappa shape index (κ2) is 5.68. The monoisotopic (exact) mass is 244 g/mol. The molecule has 1 aromatic rings. The van der Waals surface area contributed by atoms with Gasteiger partial charge in [-0.3, -0.25) is 0 Å². The number of thioether (sulfide) groups is 1. The molecule has 16 heavy (non-hydrogen) atoms. The van der Waals surface area contributed by atoms with Gasteiger partial charge in [0.2, 0.25) is 5.89 Å². The van der Waals surface area contributed by atoms with Gasteiger partial charge < -0.3 is 9.63 Å². The van der Waals surface area contributed by atoms with Crippen molar-refractivity contribution in [1.29, 1.82) is 0 Å². The summed E-state index contributed by atoms with van der Waals surface area (Å²) in [7, 11) is 0. The van der Waals surface area contributed by atoms with Crippen LogP contribution < -0.4 is 0 Å². The molecule has 1 heterocycles. The maximum atomic E-state index is 8.78. The standard InChI is InChI=1S/C11H20N2O2S/c1-8(5-6-14)16-7-9-12-10(13-15-9)11(2,3)4/h8,14H,5-7H2,1-4H3/t8-/m0/s1. The van der Waals surface area contributed by atoms with Crippen molar-refractivity contribution in [2.75, 3.05) is 6.61 Å². The van der Waals surface area contributed by atoms with Crippen LogP contribution in [0.1, 0.15) is 45.8 Å². The Kier molecular flexibility index (Phi) is 4.80. The van der Waals surface area contributed by atoms with Crippen molar-refractivity contribution in [2.24, 2.45) is 0 Å². The van der Waals surface area contributed by atoms with Gasteiger partial charge in [-0.2, -0.15) is 4.98 Å². The van der Waals surface area contributed by atoms with Gasteiger partial charge in [-0.1, -0.05) is 32.9 Å². The highest BCUT2D eigenvalue weighted by Crippen LogP contribution is 2.22. The Balaban J connectivity index is 2.47. The molecular weight excluding hydrogens is 224 g/mol. The lowest BCUT2D eigenvalue weighted by molar-refractivity contribution is 0.289. The fourth-order valence-corrected chi connectivity index (χ4v) is 1.91. The molecule has 1 rings (SSSR count). The first kappa shape index (κ1) is 13.5. The van der Waals surface area contributed by atoms with Crippen molar-refractivity contribution < 1.29 is 9.63 Å². The molecule has 1 aromatic heterocycles. The number of aromatic nitrogens is 2. The molecule has 0 unspecified atom stereocenters. The summed E-state index contributed by atoms with van der Waals surface area (Å²) in [6, 6.07) is 0. The third-order valence-electron chi connectivity index (χ3n) is 2.17. The first-order chi connectivity index (χ1) is 7.43. The molecule has 0 fully saturated rings. The van der Waals surface area contributed by atoms with E-state index in [1.54, 1.807) is 11.8 Å². The molecule has 0 aliphatic rings. The van der Waals surface area contributed by atoms with E-state index < -0.39 is 0 Å². The van der Waals surface area contributed by atoms with Crippen LogP contribution in [0.3, 0.4) is 0 Å². The lowest BCUT2D eigenvalue weighted by atomic mass is 9.96. The summed E-state index contributed by atoms with van der Waals surface area (Å²) in [4.78, 5) is 4.35. The van der Waals surface area contributed by atoms with Gasteiger partial charge in [-0.05, 0) is 6.42 Å². The number of rotatable bonds is 5. The van der Waals surface area contributed by atoms with E-state index in [2.05, 4.69) is 37.8 Å². The van der Waals surface area contributed by atoms with Crippen LogP contribution in [-0.2, 0) is 11.2 Å². The average Bonchev–Trinajstić information content (AvgIpc) is 2.63. The maximum Gasteiger partial charge on any atom is 0.236 e. The van der Waals surface area contributed by atoms with Crippen LogP contribution in [0.4, 0.5) is 0 Å². The first-order valence-corrected chi connectivity index (χ1v) is 6.54. The third-order valence-corrected chi connectivity index (χ3v) is 3.38. The van der Waals surface area contributed by atoms with Crippen molar-refractivity contribution in [3.63, 3.8) is 0 Å². The molecule has 0 aliphatic carbocycles. The van der Waals surface area contributed by atoms with E-state index in [1.165, 1.54) is 0 Å². The van der Waals surface area contributed by atoms with Crippen molar-refractivity contribution in [1.82, 2.24) is 10.1 Å². The third kappa shape index (κ3) is 4.14. The molecule has 0 bridgehead atoms. The Morgan fingerprint density at radius 2 is 2.12 bits per heavy atom. The summed E-state index contributed by atoms with van der Waals surface area (Å²) in [5.74, 6) is 2.13. The molecule has 0 saturated heterocycles. The molecule has 0 saturated carbocycles. The molecule has 5 heteroatoms. The summed E-state index contributed by atoms with van der Waals surface area (Å²) in [6.07, 6.45) is 0.797. The van der Waals surface area contributed by atoms with Crippen molar-refractivity contribution in [2.45, 2.75) is 50.5 Å². The van der Waals surface area contributed by atoms with Gasteiger partial charge in [0.1, 0.15) is 0 Å². The van der Waals surface area contributed by atoms with E-state index in [1.807, 2.05) is 0 Å². The molecule has 0 aliphatic heterocycles. The maximum absolute atomic E-state index is 8.78. The summed E-state index contributed by atoms with van der Waals surface area (Å²) >= 11 is 1.72. The fraction of sp³-hybridized carbons (Fsp3) is 0.818. The molecule has 0 radical (unpaired) electrons. The van der Waals surface area contributed by atoms with E-state index >= 15 is 0 Å². The fourth-order valence-electron chi connectivity index (χ4n) is 1.10. The first-order valence-electron chi connectivity index (χ1n) is 5.49. The summed E-state index contributed by atoms with van der Waals surface area (Å²) in [5, 5.41) is 13.2. The molecule has 1 N–H and O–H groups in total. The predicted molar refractivity (Wildman–Crippen MR) is 65.5 cm³/mol. The number of aliphatic hydroxyl groups is 1. The van der Waals surface area contributed by atoms with Crippen LogP contribution in [0.15, 0.2) is 4.52 Å². The van der Waals surface area contributed by atoms with Crippen LogP contribution >= 0.6 is 11.8 Å². The zero-order valence-electron chi connectivity index (χ0n) is 10.4. The highest BCUT2D eigenvalue weighted by Gasteiger charge is 2.20. The summed E-state index contributed by atoms with van der Waals surface area (Å²) < 4.78 is 5.18. The zero-order chi connectivity index (χ0) is 12.2. The minimum absolute atomic E-state index is 0.0663. The Bertz CT molecular complexity index is 320. The molecule has 92 valence electrons. The van der Waals surface area contributed by atoms with Gasteiger partial charge in [0.05, 0.1) is 5.75 Å². The molecule has 4 nitrogen and oxygen atoms in total. The Hall–Kier alpha value is -0.550. The smallest absolute Gasteiger partial charge is 0.236 e. The SMILES string of the molecule is C[C@@H](CCO)SCc1nc(C(C)(C)C)no1. The largest absolute Gasteiger partial charge is 0.396 e. The highest BCUT2D eigenvalue weighted by atomic mass is 32.2. The minimum atomic E-state index is -0.0663. The van der Waals surface area contributed by atoms with E-state index in [9.17, 15) is 0 Å². The van der Waals surface area contributed by atoms with Crippen molar-refractivity contribution in [3.05, 3.63) is 11.7 Å². The Labute approximate surface area is 101 Å². The summed E-state index contributed by atoms with van der Waals surface area (Å²) in [6.45, 7) is 8.49. The van der Waals surface area contributed by atoms with Gasteiger partial charge >= 0.3 is 0 Å². The molecule has 0 aromatic carbocycles. The molecule has 1 atom stereocenters. The Morgan fingerprint density at radius 1 is 1.44 bits per heavy atom. The van der Waals surface area contributed by atoms with E-state index in [0.29, 0.717) is 16.9 Å². The van der Waals surface area contributed by atoms with Gasteiger partial charge in [0.15, 0.2) is 5.82 Å². The number of nitrogens with zero attached hydrogens (tertiary/aromatic N) is 2. The van der Waals surface area contributed by atoms with Crippen LogP contribution in [0, 0.1) is 0 Å².